The van der Waals surface area contributed by atoms with Crippen molar-refractivity contribution in [2.45, 2.75) is 23.9 Å². The van der Waals surface area contributed by atoms with E-state index in [1.54, 1.807) is 0 Å². The average molecular weight is 599 g/mol. The van der Waals surface area contributed by atoms with Crippen LogP contribution in [0.15, 0.2) is 48.3 Å². The number of allylic oxidation sites excluding steroid dienone is 1. The van der Waals surface area contributed by atoms with Crippen molar-refractivity contribution in [2.24, 2.45) is 0 Å². The lowest BCUT2D eigenvalue weighted by molar-refractivity contribution is -0.392. The first-order chi connectivity index (χ1) is 17.7. The predicted octanol–water partition coefficient (Wildman–Crippen LogP) is 5.15. The van der Waals surface area contributed by atoms with E-state index < -0.39 is 81.6 Å². The van der Waals surface area contributed by atoms with Crippen LogP contribution in [-0.4, -0.2) is 47.6 Å². The van der Waals surface area contributed by atoms with E-state index in [1.165, 1.54) is 0 Å². The fourth-order valence-corrected chi connectivity index (χ4v) is 3.26. The Morgan fingerprint density at radius 2 is 1.08 bits per heavy atom. The molecule has 0 saturated carbocycles. The summed E-state index contributed by atoms with van der Waals surface area (Å²) in [7, 11) is 0. The first-order valence-electron chi connectivity index (χ1n) is 9.56. The molecule has 0 atom stereocenters. The van der Waals surface area contributed by atoms with E-state index in [9.17, 15) is 67.5 Å². The third-order valence-corrected chi connectivity index (χ3v) is 5.22. The molecule has 0 aromatic heterocycles. The van der Waals surface area contributed by atoms with E-state index in [1.807, 2.05) is 0 Å². The van der Waals surface area contributed by atoms with Crippen molar-refractivity contribution in [1.29, 1.82) is 0 Å². The third kappa shape index (κ3) is 4.61. The number of carbonyl (C=O) groups excluding carboxylic acids is 4. The van der Waals surface area contributed by atoms with Gasteiger partial charge in [0.15, 0.2) is 5.75 Å². The van der Waals surface area contributed by atoms with Gasteiger partial charge >= 0.3 is 30.0 Å². The van der Waals surface area contributed by atoms with Gasteiger partial charge in [-0.1, -0.05) is 11.6 Å². The average Bonchev–Trinajstić information content (AvgIpc) is 3.32. The molecule has 0 fully saturated rings. The molecule has 0 N–H and O–H groups in total. The van der Waals surface area contributed by atoms with Gasteiger partial charge in [-0.15, -0.1) is 0 Å². The Bertz CT molecular complexity index is 1350. The van der Waals surface area contributed by atoms with E-state index in [0.29, 0.717) is 30.4 Å². The van der Waals surface area contributed by atoms with Crippen molar-refractivity contribution >= 4 is 46.6 Å². The number of hydrogen-bond acceptors (Lipinski definition) is 5. The second-order valence-electron chi connectivity index (χ2n) is 7.37. The van der Waals surface area contributed by atoms with E-state index >= 15 is 0 Å². The van der Waals surface area contributed by atoms with Crippen molar-refractivity contribution in [1.82, 2.24) is 0 Å². The van der Waals surface area contributed by atoms with E-state index in [-0.39, 0.29) is 15.9 Å². The number of ether oxygens (including phenoxy) is 1. The maximum absolute atomic E-state index is 14.4. The van der Waals surface area contributed by atoms with Crippen LogP contribution in [0.3, 0.4) is 0 Å². The lowest BCUT2D eigenvalue weighted by Gasteiger charge is -2.32. The lowest BCUT2D eigenvalue weighted by atomic mass is 10.0. The fourth-order valence-electron chi connectivity index (χ4n) is 3.01. The van der Waals surface area contributed by atoms with Gasteiger partial charge in [-0.05, 0) is 6.07 Å². The van der Waals surface area contributed by atoms with Crippen molar-refractivity contribution in [2.75, 3.05) is 9.80 Å². The monoisotopic (exact) mass is 598 g/mol. The summed E-state index contributed by atoms with van der Waals surface area (Å²) in [4.78, 5) is 48.2. The molecule has 0 aliphatic carbocycles. The minimum Gasteiger partial charge on any atom is -0.427 e. The normalized spacial score (nSPS) is 17.5. The molecule has 0 spiro atoms. The van der Waals surface area contributed by atoms with Crippen molar-refractivity contribution < 1.29 is 72.2 Å². The van der Waals surface area contributed by atoms with Crippen LogP contribution in [0.5, 0.6) is 5.75 Å². The predicted molar refractivity (Wildman–Crippen MR) is 105 cm³/mol. The molecule has 2 aliphatic heterocycles. The molecule has 0 saturated heterocycles. The molecule has 39 heavy (non-hydrogen) atoms. The van der Waals surface area contributed by atoms with Crippen LogP contribution < -0.4 is 14.5 Å². The Morgan fingerprint density at radius 1 is 0.667 bits per heavy atom. The van der Waals surface area contributed by atoms with Crippen LogP contribution in [-0.2, 0) is 19.2 Å². The minimum absolute atomic E-state index is 0.0621. The summed E-state index contributed by atoms with van der Waals surface area (Å²) in [6.07, 6.45) is -4.82. The molecular weight excluding hydrogens is 593 g/mol. The first kappa shape index (κ1) is 29.6. The standard InChI is InChI=1S/C20H6ClF11N2O5/c21-7-5-9(34-13(37)3-4-14(34)38)10(6-8(7)33-11(35)1-2-12(33)36)39-16(23)15(22)17(24,25)18(26,27)19(28,29)20(30,31)32/h1-6H. The Morgan fingerprint density at radius 3 is 1.49 bits per heavy atom. The highest BCUT2D eigenvalue weighted by molar-refractivity contribution is 6.38. The van der Waals surface area contributed by atoms with Gasteiger partial charge in [0.25, 0.3) is 23.6 Å². The van der Waals surface area contributed by atoms with Crippen molar-refractivity contribution in [3.05, 3.63) is 53.3 Å². The highest BCUT2D eigenvalue weighted by Crippen LogP contribution is 2.56. The molecule has 0 bridgehead atoms. The summed E-state index contributed by atoms with van der Waals surface area (Å²) in [5.41, 5.74) is -1.84. The molecule has 1 aromatic carbocycles. The van der Waals surface area contributed by atoms with Gasteiger partial charge in [0, 0.05) is 30.4 Å². The Kier molecular flexibility index (Phi) is 7.10. The number of carbonyl (C=O) groups is 4. The number of rotatable bonds is 7. The van der Waals surface area contributed by atoms with Gasteiger partial charge in [0.05, 0.1) is 16.4 Å². The van der Waals surface area contributed by atoms with Crippen LogP contribution in [0.25, 0.3) is 0 Å². The SMILES string of the molecule is O=C1C=CC(=O)N1c1cc(OC(F)=C(F)C(F)(F)C(F)(F)C(F)(F)C(F)(F)F)c(N2C(=O)C=CC2=O)cc1Cl. The van der Waals surface area contributed by atoms with Crippen molar-refractivity contribution in [3.63, 3.8) is 0 Å². The van der Waals surface area contributed by atoms with Crippen LogP contribution >= 0.6 is 11.6 Å². The number of benzene rings is 1. The van der Waals surface area contributed by atoms with E-state index in [2.05, 4.69) is 4.74 Å². The zero-order valence-corrected chi connectivity index (χ0v) is 18.7. The zero-order valence-electron chi connectivity index (χ0n) is 17.9. The molecule has 0 unspecified atom stereocenters. The molecule has 1 aromatic rings. The molecule has 7 nitrogen and oxygen atoms in total. The Labute approximate surface area is 212 Å². The van der Waals surface area contributed by atoms with Gasteiger partial charge in [-0.2, -0.15) is 48.3 Å². The van der Waals surface area contributed by atoms with Crippen LogP contribution in [0.1, 0.15) is 0 Å². The summed E-state index contributed by atoms with van der Waals surface area (Å²) < 4.78 is 150. The van der Waals surface area contributed by atoms with Gasteiger partial charge in [-0.3, -0.25) is 19.2 Å². The summed E-state index contributed by atoms with van der Waals surface area (Å²) in [6.45, 7) is 0. The van der Waals surface area contributed by atoms with Gasteiger partial charge in [0.1, 0.15) is 0 Å². The second-order valence-corrected chi connectivity index (χ2v) is 7.78. The van der Waals surface area contributed by atoms with Crippen LogP contribution in [0.2, 0.25) is 5.02 Å². The zero-order chi connectivity index (χ0) is 29.9. The maximum atomic E-state index is 14.4. The third-order valence-electron chi connectivity index (χ3n) is 4.92. The fraction of sp³-hybridized carbons (Fsp3) is 0.200. The highest BCUT2D eigenvalue weighted by Gasteiger charge is 2.83. The van der Waals surface area contributed by atoms with Crippen molar-refractivity contribution in [3.8, 4) is 5.75 Å². The lowest BCUT2D eigenvalue weighted by Crippen LogP contribution is -2.61. The van der Waals surface area contributed by atoms with Crippen LogP contribution in [0.4, 0.5) is 59.7 Å². The largest absolute Gasteiger partial charge is 0.460 e. The quantitative estimate of drug-likeness (QED) is 0.246. The molecule has 210 valence electrons. The van der Waals surface area contributed by atoms with E-state index in [4.69, 9.17) is 11.6 Å². The van der Waals surface area contributed by atoms with E-state index in [0.717, 1.165) is 0 Å². The molecule has 3 rings (SSSR count). The van der Waals surface area contributed by atoms with Crippen LogP contribution in [0, 0.1) is 0 Å². The summed E-state index contributed by atoms with van der Waals surface area (Å²) >= 11 is 5.92. The smallest absolute Gasteiger partial charge is 0.427 e. The first-order valence-corrected chi connectivity index (χ1v) is 9.94. The molecule has 2 aliphatic rings. The maximum Gasteiger partial charge on any atom is 0.460 e. The van der Waals surface area contributed by atoms with Gasteiger partial charge in [-0.25, -0.2) is 9.80 Å². The van der Waals surface area contributed by atoms with Gasteiger partial charge in [0.2, 0.25) is 5.83 Å². The topological polar surface area (TPSA) is 84.0 Å². The van der Waals surface area contributed by atoms with Gasteiger partial charge < -0.3 is 4.74 Å². The molecular formula is C20H6ClF11N2O5. The number of amides is 4. The number of anilines is 2. The highest BCUT2D eigenvalue weighted by atomic mass is 35.5. The Balaban J connectivity index is 2.17. The minimum atomic E-state index is -7.61. The number of nitrogens with zero attached hydrogens (tertiary/aromatic N) is 2. The molecule has 2 heterocycles. The molecule has 4 amide bonds. The number of halogens is 12. The summed E-state index contributed by atoms with van der Waals surface area (Å²) in [5.74, 6) is -32.9. The number of hydrogen-bond donors (Lipinski definition) is 0. The number of alkyl halides is 9. The Hall–Kier alpha value is -3.96. The summed E-state index contributed by atoms with van der Waals surface area (Å²) in [6, 6.07) is -2.80. The second kappa shape index (κ2) is 9.35. The number of imide groups is 2. The molecule has 19 heteroatoms. The summed E-state index contributed by atoms with van der Waals surface area (Å²) in [5, 5.41) is -0.693. The molecule has 0 radical (unpaired) electrons.